The summed E-state index contributed by atoms with van der Waals surface area (Å²) in [5.74, 6) is 0.838. The van der Waals surface area contributed by atoms with Crippen molar-refractivity contribution in [3.8, 4) is 11.4 Å². The van der Waals surface area contributed by atoms with E-state index in [0.717, 1.165) is 33.5 Å². The molecule has 5 heteroatoms. The molecule has 0 saturated carbocycles. The van der Waals surface area contributed by atoms with Gasteiger partial charge in [0, 0.05) is 34.6 Å². The molecule has 124 valence electrons. The Labute approximate surface area is 147 Å². The van der Waals surface area contributed by atoms with E-state index in [1.165, 1.54) is 5.56 Å². The van der Waals surface area contributed by atoms with Crippen LogP contribution >= 0.6 is 11.6 Å². The van der Waals surface area contributed by atoms with E-state index in [4.69, 9.17) is 16.3 Å². The average Bonchev–Trinajstić information content (AvgIpc) is 2.88. The van der Waals surface area contributed by atoms with Gasteiger partial charge in [0.1, 0.15) is 5.75 Å². The number of rotatable bonds is 5. The normalized spacial score (nSPS) is 10.7. The van der Waals surface area contributed by atoms with E-state index in [2.05, 4.69) is 17.3 Å². The second kappa shape index (κ2) is 6.97. The maximum Gasteiger partial charge on any atom is 0.120 e. The number of methoxy groups -OCH3 is 1. The topological polar surface area (TPSA) is 39.1 Å². The quantitative estimate of drug-likeness (QED) is 0.727. The summed E-state index contributed by atoms with van der Waals surface area (Å²) in [4.78, 5) is 0. The number of anilines is 1. The van der Waals surface area contributed by atoms with Crippen LogP contribution in [0.1, 0.15) is 17.0 Å². The Bertz CT molecular complexity index is 840. The number of halogens is 1. The molecule has 0 aliphatic heterocycles. The van der Waals surface area contributed by atoms with Gasteiger partial charge in [-0.05, 0) is 50.2 Å². The van der Waals surface area contributed by atoms with E-state index in [1.807, 2.05) is 60.1 Å². The second-order valence-corrected chi connectivity index (χ2v) is 6.06. The van der Waals surface area contributed by atoms with Gasteiger partial charge >= 0.3 is 0 Å². The van der Waals surface area contributed by atoms with Crippen molar-refractivity contribution in [1.82, 2.24) is 9.78 Å². The zero-order valence-electron chi connectivity index (χ0n) is 14.0. The van der Waals surface area contributed by atoms with Gasteiger partial charge in [-0.25, -0.2) is 4.68 Å². The lowest BCUT2D eigenvalue weighted by Crippen LogP contribution is -2.03. The first-order valence-electron chi connectivity index (χ1n) is 7.77. The molecule has 3 aromatic rings. The van der Waals surface area contributed by atoms with Crippen LogP contribution in [0.3, 0.4) is 0 Å². The van der Waals surface area contributed by atoms with Gasteiger partial charge < -0.3 is 10.1 Å². The van der Waals surface area contributed by atoms with E-state index in [1.54, 1.807) is 7.11 Å². The first-order valence-corrected chi connectivity index (χ1v) is 8.15. The molecule has 0 aliphatic carbocycles. The summed E-state index contributed by atoms with van der Waals surface area (Å²) in [5.41, 5.74) is 5.34. The molecule has 1 aromatic heterocycles. The predicted molar refractivity (Wildman–Crippen MR) is 98.4 cm³/mol. The lowest BCUT2D eigenvalue weighted by Gasteiger charge is -2.09. The van der Waals surface area contributed by atoms with Crippen molar-refractivity contribution in [2.45, 2.75) is 20.4 Å². The van der Waals surface area contributed by atoms with Gasteiger partial charge in [0.15, 0.2) is 0 Å². The minimum Gasteiger partial charge on any atom is -0.497 e. The lowest BCUT2D eigenvalue weighted by atomic mass is 10.2. The summed E-state index contributed by atoms with van der Waals surface area (Å²) in [6, 6.07) is 15.6. The summed E-state index contributed by atoms with van der Waals surface area (Å²) in [7, 11) is 1.67. The fourth-order valence-electron chi connectivity index (χ4n) is 2.69. The summed E-state index contributed by atoms with van der Waals surface area (Å²) >= 11 is 5.97. The number of hydrogen-bond donors (Lipinski definition) is 1. The minimum atomic E-state index is 0.707. The standard InChI is InChI=1S/C19H20ClN3O/c1-13-19(12-21-16-5-4-6-18(11-16)24-3)14(2)23(22-13)17-9-7-15(20)8-10-17/h4-11,21H,12H2,1-3H3. The first-order chi connectivity index (χ1) is 11.6. The molecule has 0 fully saturated rings. The van der Waals surface area contributed by atoms with Crippen LogP contribution in [0.2, 0.25) is 5.02 Å². The average molecular weight is 342 g/mol. The molecule has 0 saturated heterocycles. The van der Waals surface area contributed by atoms with Crippen LogP contribution in [0.4, 0.5) is 5.69 Å². The fraction of sp³-hybridized carbons (Fsp3) is 0.211. The van der Waals surface area contributed by atoms with E-state index < -0.39 is 0 Å². The SMILES string of the molecule is COc1cccc(NCc2c(C)nn(-c3ccc(Cl)cc3)c2C)c1. The Hall–Kier alpha value is -2.46. The zero-order valence-corrected chi connectivity index (χ0v) is 14.8. The smallest absolute Gasteiger partial charge is 0.120 e. The molecule has 0 spiro atoms. The molecule has 0 atom stereocenters. The molecule has 0 amide bonds. The van der Waals surface area contributed by atoms with Crippen LogP contribution < -0.4 is 10.1 Å². The van der Waals surface area contributed by atoms with Crippen molar-refractivity contribution in [2.75, 3.05) is 12.4 Å². The molecule has 24 heavy (non-hydrogen) atoms. The van der Waals surface area contributed by atoms with Gasteiger partial charge in [-0.3, -0.25) is 0 Å². The molecule has 0 radical (unpaired) electrons. The molecular weight excluding hydrogens is 322 g/mol. The highest BCUT2D eigenvalue weighted by Crippen LogP contribution is 2.22. The van der Waals surface area contributed by atoms with Crippen molar-refractivity contribution in [3.05, 3.63) is 70.5 Å². The Morgan fingerprint density at radius 1 is 1.12 bits per heavy atom. The number of nitrogens with one attached hydrogen (secondary N) is 1. The highest BCUT2D eigenvalue weighted by atomic mass is 35.5. The number of nitrogens with zero attached hydrogens (tertiary/aromatic N) is 2. The van der Waals surface area contributed by atoms with Crippen LogP contribution in [-0.2, 0) is 6.54 Å². The monoisotopic (exact) mass is 341 g/mol. The maximum absolute atomic E-state index is 5.97. The van der Waals surface area contributed by atoms with Gasteiger partial charge in [0.25, 0.3) is 0 Å². The fourth-order valence-corrected chi connectivity index (χ4v) is 2.81. The van der Waals surface area contributed by atoms with Crippen LogP contribution in [0.25, 0.3) is 5.69 Å². The zero-order chi connectivity index (χ0) is 17.1. The van der Waals surface area contributed by atoms with E-state index in [9.17, 15) is 0 Å². The molecule has 2 aromatic carbocycles. The highest BCUT2D eigenvalue weighted by Gasteiger charge is 2.12. The van der Waals surface area contributed by atoms with Crippen molar-refractivity contribution in [1.29, 1.82) is 0 Å². The summed E-state index contributed by atoms with van der Waals surface area (Å²) in [6.45, 7) is 4.82. The van der Waals surface area contributed by atoms with Crippen molar-refractivity contribution >= 4 is 17.3 Å². The van der Waals surface area contributed by atoms with E-state index in [-0.39, 0.29) is 0 Å². The number of aromatic nitrogens is 2. The highest BCUT2D eigenvalue weighted by molar-refractivity contribution is 6.30. The Kier molecular flexibility index (Phi) is 4.76. The molecular formula is C19H20ClN3O. The molecule has 0 unspecified atom stereocenters. The largest absolute Gasteiger partial charge is 0.497 e. The van der Waals surface area contributed by atoms with Crippen molar-refractivity contribution in [3.63, 3.8) is 0 Å². The van der Waals surface area contributed by atoms with E-state index >= 15 is 0 Å². The number of hydrogen-bond acceptors (Lipinski definition) is 3. The van der Waals surface area contributed by atoms with Gasteiger partial charge in [-0.2, -0.15) is 5.10 Å². The second-order valence-electron chi connectivity index (χ2n) is 5.62. The molecule has 1 N–H and O–H groups in total. The molecule has 1 heterocycles. The molecule has 0 aliphatic rings. The molecule has 3 rings (SSSR count). The van der Waals surface area contributed by atoms with Crippen LogP contribution in [0.5, 0.6) is 5.75 Å². The van der Waals surface area contributed by atoms with Crippen molar-refractivity contribution < 1.29 is 4.74 Å². The summed E-state index contributed by atoms with van der Waals surface area (Å²) < 4.78 is 7.21. The third-order valence-electron chi connectivity index (χ3n) is 4.05. The Balaban J connectivity index is 1.82. The molecule has 4 nitrogen and oxygen atoms in total. The minimum absolute atomic E-state index is 0.707. The van der Waals surface area contributed by atoms with Gasteiger partial charge in [-0.15, -0.1) is 0 Å². The maximum atomic E-state index is 5.97. The first kappa shape index (κ1) is 16.4. The predicted octanol–water partition coefficient (Wildman–Crippen LogP) is 4.76. The third kappa shape index (κ3) is 3.39. The van der Waals surface area contributed by atoms with Gasteiger partial charge in [-0.1, -0.05) is 17.7 Å². The summed E-state index contributed by atoms with van der Waals surface area (Å²) in [5, 5.41) is 8.82. The lowest BCUT2D eigenvalue weighted by molar-refractivity contribution is 0.415. The van der Waals surface area contributed by atoms with Crippen LogP contribution in [-0.4, -0.2) is 16.9 Å². The molecule has 0 bridgehead atoms. The third-order valence-corrected chi connectivity index (χ3v) is 4.30. The number of benzene rings is 2. The Morgan fingerprint density at radius 2 is 1.88 bits per heavy atom. The van der Waals surface area contributed by atoms with Crippen molar-refractivity contribution in [2.24, 2.45) is 0 Å². The van der Waals surface area contributed by atoms with Gasteiger partial charge in [0.2, 0.25) is 0 Å². The number of ether oxygens (including phenoxy) is 1. The number of aryl methyl sites for hydroxylation is 1. The van der Waals surface area contributed by atoms with Crippen LogP contribution in [0.15, 0.2) is 48.5 Å². The van der Waals surface area contributed by atoms with E-state index in [0.29, 0.717) is 6.54 Å². The summed E-state index contributed by atoms with van der Waals surface area (Å²) in [6.07, 6.45) is 0. The Morgan fingerprint density at radius 3 is 2.58 bits per heavy atom. The van der Waals surface area contributed by atoms with Gasteiger partial charge in [0.05, 0.1) is 18.5 Å². The van der Waals surface area contributed by atoms with Crippen LogP contribution in [0, 0.1) is 13.8 Å².